The Labute approximate surface area is 138 Å². The molecule has 0 bridgehead atoms. The number of carbonyl (C=O) groups excluding carboxylic acids is 1. The predicted octanol–water partition coefficient (Wildman–Crippen LogP) is 4.53. The van der Waals surface area contributed by atoms with Crippen LogP contribution in [0.25, 0.3) is 11.3 Å². The number of fused-ring (bicyclic) bond motifs is 1. The standard InChI is InChI=1S/C18H16N2O2S/c21-18(17-9-13-3-1-2-4-16(13)23-17)20-14-7-5-12(6-8-14)15-10-19-11-22-15/h5-11H,1-4H2,(H,20,21). The van der Waals surface area contributed by atoms with Gasteiger partial charge in [0.15, 0.2) is 12.2 Å². The maximum Gasteiger partial charge on any atom is 0.265 e. The number of carbonyl (C=O) groups is 1. The number of thiophene rings is 1. The van der Waals surface area contributed by atoms with Crippen LogP contribution in [0.4, 0.5) is 5.69 Å². The van der Waals surface area contributed by atoms with E-state index in [1.54, 1.807) is 17.5 Å². The highest BCUT2D eigenvalue weighted by Crippen LogP contribution is 2.30. The van der Waals surface area contributed by atoms with Crippen molar-refractivity contribution in [3.05, 3.63) is 58.2 Å². The van der Waals surface area contributed by atoms with Crippen molar-refractivity contribution in [1.29, 1.82) is 0 Å². The van der Waals surface area contributed by atoms with Crippen LogP contribution in [0.2, 0.25) is 0 Å². The van der Waals surface area contributed by atoms with Crippen molar-refractivity contribution in [2.45, 2.75) is 25.7 Å². The molecule has 0 aliphatic heterocycles. The third kappa shape index (κ3) is 2.92. The molecular weight excluding hydrogens is 308 g/mol. The summed E-state index contributed by atoms with van der Waals surface area (Å²) in [5.41, 5.74) is 3.07. The average molecular weight is 324 g/mol. The molecule has 0 unspecified atom stereocenters. The Morgan fingerprint density at radius 3 is 2.74 bits per heavy atom. The quantitative estimate of drug-likeness (QED) is 0.770. The molecule has 2 heterocycles. The van der Waals surface area contributed by atoms with Crippen LogP contribution in [-0.4, -0.2) is 10.9 Å². The molecule has 1 N–H and O–H groups in total. The lowest BCUT2D eigenvalue weighted by Crippen LogP contribution is -2.09. The van der Waals surface area contributed by atoms with Crippen molar-refractivity contribution in [1.82, 2.24) is 4.98 Å². The lowest BCUT2D eigenvalue weighted by molar-refractivity contribution is 0.103. The Bertz CT molecular complexity index is 796. The SMILES string of the molecule is O=C(Nc1ccc(-c2cnco2)cc1)c1cc2c(s1)CCCC2. The first-order valence-corrected chi connectivity index (χ1v) is 8.53. The monoisotopic (exact) mass is 324 g/mol. The highest BCUT2D eigenvalue weighted by Gasteiger charge is 2.17. The van der Waals surface area contributed by atoms with Crippen LogP contribution in [-0.2, 0) is 12.8 Å². The van der Waals surface area contributed by atoms with Gasteiger partial charge in [-0.25, -0.2) is 4.98 Å². The van der Waals surface area contributed by atoms with E-state index in [-0.39, 0.29) is 5.91 Å². The summed E-state index contributed by atoms with van der Waals surface area (Å²) in [5.74, 6) is 0.686. The fourth-order valence-corrected chi connectivity index (χ4v) is 4.02. The van der Waals surface area contributed by atoms with E-state index < -0.39 is 0 Å². The minimum Gasteiger partial charge on any atom is -0.444 e. The van der Waals surface area contributed by atoms with Crippen LogP contribution in [0.5, 0.6) is 0 Å². The molecule has 0 spiro atoms. The van der Waals surface area contributed by atoms with E-state index in [4.69, 9.17) is 4.42 Å². The number of anilines is 1. The second-order valence-corrected chi connectivity index (χ2v) is 6.80. The van der Waals surface area contributed by atoms with Crippen molar-refractivity contribution in [2.75, 3.05) is 5.32 Å². The van der Waals surface area contributed by atoms with Crippen molar-refractivity contribution in [2.24, 2.45) is 0 Å². The minimum atomic E-state index is -0.0307. The van der Waals surface area contributed by atoms with Crippen LogP contribution in [0, 0.1) is 0 Å². The number of hydrogen-bond acceptors (Lipinski definition) is 4. The molecule has 116 valence electrons. The lowest BCUT2D eigenvalue weighted by Gasteiger charge is -2.08. The van der Waals surface area contributed by atoms with E-state index in [2.05, 4.69) is 16.4 Å². The molecule has 3 aromatic rings. The van der Waals surface area contributed by atoms with E-state index in [9.17, 15) is 4.79 Å². The van der Waals surface area contributed by atoms with Crippen molar-refractivity contribution >= 4 is 22.9 Å². The van der Waals surface area contributed by atoms with Crippen LogP contribution < -0.4 is 5.32 Å². The lowest BCUT2D eigenvalue weighted by atomic mass is 9.99. The normalized spacial score (nSPS) is 13.6. The first kappa shape index (κ1) is 14.2. The molecule has 4 rings (SSSR count). The minimum absolute atomic E-state index is 0.0307. The van der Waals surface area contributed by atoms with Crippen molar-refractivity contribution in [3.63, 3.8) is 0 Å². The highest BCUT2D eigenvalue weighted by atomic mass is 32.1. The number of hydrogen-bond donors (Lipinski definition) is 1. The summed E-state index contributed by atoms with van der Waals surface area (Å²) in [7, 11) is 0. The number of aryl methyl sites for hydroxylation is 2. The van der Waals surface area contributed by atoms with E-state index in [0.29, 0.717) is 5.76 Å². The third-order valence-electron chi connectivity index (χ3n) is 4.08. The molecule has 0 atom stereocenters. The number of amides is 1. The number of nitrogens with zero attached hydrogens (tertiary/aromatic N) is 1. The maximum atomic E-state index is 12.4. The van der Waals surface area contributed by atoms with Gasteiger partial charge in [-0.05, 0) is 61.6 Å². The van der Waals surface area contributed by atoms with Crippen LogP contribution in [0.15, 0.2) is 47.3 Å². The molecular formula is C18H16N2O2S. The molecule has 0 saturated heterocycles. The molecule has 1 amide bonds. The molecule has 23 heavy (non-hydrogen) atoms. The molecule has 2 aromatic heterocycles. The van der Waals surface area contributed by atoms with Crippen molar-refractivity contribution in [3.8, 4) is 11.3 Å². The van der Waals surface area contributed by atoms with Crippen LogP contribution in [0.3, 0.4) is 0 Å². The zero-order chi connectivity index (χ0) is 15.6. The zero-order valence-electron chi connectivity index (χ0n) is 12.5. The van der Waals surface area contributed by atoms with Crippen LogP contribution >= 0.6 is 11.3 Å². The van der Waals surface area contributed by atoms with E-state index in [0.717, 1.165) is 29.0 Å². The third-order valence-corrected chi connectivity index (χ3v) is 5.32. The summed E-state index contributed by atoms with van der Waals surface area (Å²) in [5, 5.41) is 2.97. The molecule has 1 aliphatic rings. The number of nitrogens with one attached hydrogen (secondary N) is 1. The second-order valence-electron chi connectivity index (χ2n) is 5.66. The first-order chi connectivity index (χ1) is 11.3. The summed E-state index contributed by atoms with van der Waals surface area (Å²) in [4.78, 5) is 18.5. The van der Waals surface area contributed by atoms with Crippen LogP contribution in [0.1, 0.15) is 33.0 Å². The first-order valence-electron chi connectivity index (χ1n) is 7.71. The Kier molecular flexibility index (Phi) is 3.71. The summed E-state index contributed by atoms with van der Waals surface area (Å²) in [6, 6.07) is 9.63. The largest absolute Gasteiger partial charge is 0.444 e. The van der Waals surface area contributed by atoms with Crippen molar-refractivity contribution < 1.29 is 9.21 Å². The molecule has 1 aliphatic carbocycles. The van der Waals surface area contributed by atoms with Gasteiger partial charge in [-0.1, -0.05) is 0 Å². The van der Waals surface area contributed by atoms with Gasteiger partial charge >= 0.3 is 0 Å². The van der Waals surface area contributed by atoms with Gasteiger partial charge in [0.2, 0.25) is 0 Å². The zero-order valence-corrected chi connectivity index (χ0v) is 13.4. The van der Waals surface area contributed by atoms with Gasteiger partial charge in [0.25, 0.3) is 5.91 Å². The summed E-state index contributed by atoms with van der Waals surface area (Å²) < 4.78 is 5.26. The number of oxazole rings is 1. The molecule has 5 heteroatoms. The highest BCUT2D eigenvalue weighted by molar-refractivity contribution is 7.14. The maximum absolute atomic E-state index is 12.4. The Balaban J connectivity index is 1.49. The van der Waals surface area contributed by atoms with Gasteiger partial charge < -0.3 is 9.73 Å². The predicted molar refractivity (Wildman–Crippen MR) is 90.9 cm³/mol. The van der Waals surface area contributed by atoms with Gasteiger partial charge in [-0.2, -0.15) is 0 Å². The van der Waals surface area contributed by atoms with Gasteiger partial charge in [0.1, 0.15) is 0 Å². The number of benzene rings is 1. The molecule has 0 saturated carbocycles. The van der Waals surface area contributed by atoms with E-state index in [1.165, 1.54) is 29.7 Å². The molecule has 0 radical (unpaired) electrons. The Morgan fingerprint density at radius 1 is 1.17 bits per heavy atom. The summed E-state index contributed by atoms with van der Waals surface area (Å²) >= 11 is 1.63. The number of rotatable bonds is 3. The molecule has 4 nitrogen and oxygen atoms in total. The summed E-state index contributed by atoms with van der Waals surface area (Å²) in [6.45, 7) is 0. The topological polar surface area (TPSA) is 55.1 Å². The summed E-state index contributed by atoms with van der Waals surface area (Å²) in [6.07, 6.45) is 7.75. The van der Waals surface area contributed by atoms with Gasteiger partial charge in [-0.15, -0.1) is 11.3 Å². The number of aromatic nitrogens is 1. The molecule has 0 fully saturated rings. The van der Waals surface area contributed by atoms with E-state index in [1.807, 2.05) is 24.3 Å². The van der Waals surface area contributed by atoms with Gasteiger partial charge in [0.05, 0.1) is 11.1 Å². The van der Waals surface area contributed by atoms with Gasteiger partial charge in [-0.3, -0.25) is 4.79 Å². The van der Waals surface area contributed by atoms with Gasteiger partial charge in [0, 0.05) is 16.1 Å². The molecule has 1 aromatic carbocycles. The Hall–Kier alpha value is -2.40. The fourth-order valence-electron chi connectivity index (χ4n) is 2.87. The smallest absolute Gasteiger partial charge is 0.265 e. The Morgan fingerprint density at radius 2 is 2.00 bits per heavy atom. The average Bonchev–Trinajstić information content (AvgIpc) is 3.25. The second kappa shape index (κ2) is 6.01. The van der Waals surface area contributed by atoms with E-state index >= 15 is 0 Å². The fraction of sp³-hybridized carbons (Fsp3) is 0.222.